The normalized spacial score (nSPS) is 14.8. The van der Waals surface area contributed by atoms with Crippen molar-refractivity contribution in [2.45, 2.75) is 13.3 Å². The molecule has 0 saturated carbocycles. The van der Waals surface area contributed by atoms with Crippen LogP contribution in [0.15, 0.2) is 42.0 Å². The van der Waals surface area contributed by atoms with Crippen molar-refractivity contribution in [3.8, 4) is 11.5 Å². The molecule has 156 valence electrons. The number of rotatable bonds is 7. The van der Waals surface area contributed by atoms with Gasteiger partial charge in [0.1, 0.15) is 11.4 Å². The van der Waals surface area contributed by atoms with E-state index in [2.05, 4.69) is 5.43 Å². The highest BCUT2D eigenvalue weighted by Crippen LogP contribution is 2.39. The first-order valence-corrected chi connectivity index (χ1v) is 8.97. The Morgan fingerprint density at radius 2 is 1.93 bits per heavy atom. The molecule has 0 radical (unpaired) electrons. The SMILES string of the molecule is CCCOc1c(OC)cc(/C=C2/C(=O)NN(c3ccc(F)cc3)C2=O)cc1[N+](=O)[O-]. The van der Waals surface area contributed by atoms with Crippen molar-refractivity contribution in [2.75, 3.05) is 18.7 Å². The van der Waals surface area contributed by atoms with Crippen LogP contribution in [0.1, 0.15) is 18.9 Å². The lowest BCUT2D eigenvalue weighted by atomic mass is 10.1. The Morgan fingerprint density at radius 3 is 2.53 bits per heavy atom. The lowest BCUT2D eigenvalue weighted by molar-refractivity contribution is -0.386. The summed E-state index contributed by atoms with van der Waals surface area (Å²) < 4.78 is 23.8. The number of benzene rings is 2. The Hall–Kier alpha value is -3.95. The fourth-order valence-corrected chi connectivity index (χ4v) is 2.82. The van der Waals surface area contributed by atoms with Gasteiger partial charge in [-0.05, 0) is 48.4 Å². The third-order valence-corrected chi connectivity index (χ3v) is 4.21. The molecule has 30 heavy (non-hydrogen) atoms. The summed E-state index contributed by atoms with van der Waals surface area (Å²) in [4.78, 5) is 35.9. The third kappa shape index (κ3) is 4.07. The first-order valence-electron chi connectivity index (χ1n) is 8.97. The Kier molecular flexibility index (Phi) is 5.95. The molecule has 1 aliphatic heterocycles. The number of carbonyl (C=O) groups is 2. The number of halogens is 1. The maximum atomic E-state index is 13.1. The van der Waals surface area contributed by atoms with Gasteiger partial charge in [-0.2, -0.15) is 0 Å². The molecule has 0 unspecified atom stereocenters. The number of anilines is 1. The van der Waals surface area contributed by atoms with Crippen LogP contribution < -0.4 is 19.9 Å². The smallest absolute Gasteiger partial charge is 0.315 e. The first kappa shape index (κ1) is 20.8. The van der Waals surface area contributed by atoms with Crippen LogP contribution in [-0.2, 0) is 9.59 Å². The molecule has 2 aromatic rings. The van der Waals surface area contributed by atoms with Gasteiger partial charge in [-0.25, -0.2) is 9.40 Å². The highest BCUT2D eigenvalue weighted by Gasteiger charge is 2.35. The van der Waals surface area contributed by atoms with Gasteiger partial charge in [0.05, 0.1) is 24.3 Å². The summed E-state index contributed by atoms with van der Waals surface area (Å²) in [6.07, 6.45) is 1.86. The van der Waals surface area contributed by atoms with E-state index in [0.717, 1.165) is 17.1 Å². The summed E-state index contributed by atoms with van der Waals surface area (Å²) in [5.41, 5.74) is 2.27. The van der Waals surface area contributed by atoms with E-state index in [-0.39, 0.29) is 40.6 Å². The van der Waals surface area contributed by atoms with E-state index in [0.29, 0.717) is 6.42 Å². The van der Waals surface area contributed by atoms with Crippen molar-refractivity contribution in [3.63, 3.8) is 0 Å². The molecule has 0 aliphatic carbocycles. The maximum absolute atomic E-state index is 13.1. The molecule has 0 aromatic heterocycles. The van der Waals surface area contributed by atoms with Gasteiger partial charge in [0, 0.05) is 6.07 Å². The molecule has 9 nitrogen and oxygen atoms in total. The zero-order valence-corrected chi connectivity index (χ0v) is 16.2. The number of ether oxygens (including phenoxy) is 2. The van der Waals surface area contributed by atoms with Gasteiger partial charge in [0.15, 0.2) is 5.75 Å². The van der Waals surface area contributed by atoms with Gasteiger partial charge in [-0.15, -0.1) is 0 Å². The Bertz CT molecular complexity index is 1040. The van der Waals surface area contributed by atoms with Crippen LogP contribution in [0.2, 0.25) is 0 Å². The van der Waals surface area contributed by atoms with Gasteiger partial charge in [-0.1, -0.05) is 6.92 Å². The minimum Gasteiger partial charge on any atom is -0.493 e. The van der Waals surface area contributed by atoms with Gasteiger partial charge >= 0.3 is 5.69 Å². The molecule has 1 fully saturated rings. The number of hydrogen-bond donors (Lipinski definition) is 1. The van der Waals surface area contributed by atoms with Gasteiger partial charge in [0.25, 0.3) is 11.8 Å². The quantitative estimate of drug-likeness (QED) is 0.322. The fourth-order valence-electron chi connectivity index (χ4n) is 2.82. The van der Waals surface area contributed by atoms with Crippen LogP contribution in [0.5, 0.6) is 11.5 Å². The van der Waals surface area contributed by atoms with Crippen LogP contribution in [-0.4, -0.2) is 30.5 Å². The number of nitro groups is 1. The number of hydrazine groups is 1. The predicted octanol–water partition coefficient (Wildman–Crippen LogP) is 2.99. The lowest BCUT2D eigenvalue weighted by Crippen LogP contribution is -2.35. The standard InChI is InChI=1S/C20H18FN3O6/c1-3-8-30-18-16(24(27)28)10-12(11-17(18)29-2)9-15-19(25)22-23(20(15)26)14-6-4-13(21)5-7-14/h4-7,9-11H,3,8H2,1-2H3,(H,22,25)/b15-9-. The van der Waals surface area contributed by atoms with E-state index in [1.54, 1.807) is 0 Å². The van der Waals surface area contributed by atoms with Gasteiger partial charge in [0.2, 0.25) is 5.75 Å². The molecule has 2 aromatic carbocycles. The molecule has 2 amide bonds. The number of hydrogen-bond acceptors (Lipinski definition) is 6. The number of nitrogens with zero attached hydrogens (tertiary/aromatic N) is 2. The molecule has 0 atom stereocenters. The fraction of sp³-hybridized carbons (Fsp3) is 0.200. The minimum atomic E-state index is -0.697. The van der Waals surface area contributed by atoms with Crippen molar-refractivity contribution in [3.05, 3.63) is 63.5 Å². The molecule has 10 heteroatoms. The van der Waals surface area contributed by atoms with E-state index in [9.17, 15) is 24.1 Å². The zero-order valence-electron chi connectivity index (χ0n) is 16.2. The minimum absolute atomic E-state index is 0.0263. The first-order chi connectivity index (χ1) is 14.3. The largest absolute Gasteiger partial charge is 0.493 e. The van der Waals surface area contributed by atoms with Crippen LogP contribution in [0, 0.1) is 15.9 Å². The average Bonchev–Trinajstić information content (AvgIpc) is 3.00. The molecule has 1 aliphatic rings. The molecular weight excluding hydrogens is 397 g/mol. The molecule has 1 heterocycles. The number of carbonyl (C=O) groups excluding carboxylic acids is 2. The number of nitro benzene ring substituents is 1. The van der Waals surface area contributed by atoms with E-state index >= 15 is 0 Å². The van der Waals surface area contributed by atoms with Gasteiger partial charge < -0.3 is 9.47 Å². The van der Waals surface area contributed by atoms with Crippen molar-refractivity contribution < 1.29 is 28.4 Å². The average molecular weight is 415 g/mol. The monoisotopic (exact) mass is 415 g/mol. The summed E-state index contributed by atoms with van der Waals surface area (Å²) in [7, 11) is 1.33. The van der Waals surface area contributed by atoms with E-state index < -0.39 is 22.6 Å². The van der Waals surface area contributed by atoms with E-state index in [1.807, 2.05) is 6.92 Å². The molecule has 0 spiro atoms. The van der Waals surface area contributed by atoms with Crippen LogP contribution in [0.3, 0.4) is 0 Å². The van der Waals surface area contributed by atoms with E-state index in [1.165, 1.54) is 37.5 Å². The second kappa shape index (κ2) is 8.60. The maximum Gasteiger partial charge on any atom is 0.315 e. The molecule has 1 saturated heterocycles. The van der Waals surface area contributed by atoms with Crippen LogP contribution in [0.25, 0.3) is 6.08 Å². The molecule has 3 rings (SSSR count). The third-order valence-electron chi connectivity index (χ3n) is 4.21. The van der Waals surface area contributed by atoms with Crippen molar-refractivity contribution in [2.24, 2.45) is 0 Å². The summed E-state index contributed by atoms with van der Waals surface area (Å²) in [6, 6.07) is 7.61. The van der Waals surface area contributed by atoms with Crippen molar-refractivity contribution in [1.82, 2.24) is 5.43 Å². The topological polar surface area (TPSA) is 111 Å². The van der Waals surface area contributed by atoms with Gasteiger partial charge in [-0.3, -0.25) is 25.1 Å². The van der Waals surface area contributed by atoms with Crippen LogP contribution >= 0.6 is 0 Å². The Morgan fingerprint density at radius 1 is 1.23 bits per heavy atom. The second-order valence-corrected chi connectivity index (χ2v) is 6.29. The summed E-state index contributed by atoms with van der Waals surface area (Å²) in [5, 5.41) is 12.5. The molecular formula is C20H18FN3O6. The zero-order chi connectivity index (χ0) is 21.8. The predicted molar refractivity (Wildman–Crippen MR) is 105 cm³/mol. The second-order valence-electron chi connectivity index (χ2n) is 6.29. The van der Waals surface area contributed by atoms with E-state index in [4.69, 9.17) is 9.47 Å². The number of amides is 2. The molecule has 0 bridgehead atoms. The van der Waals surface area contributed by atoms with Crippen LogP contribution in [0.4, 0.5) is 15.8 Å². The summed E-state index contributed by atoms with van der Waals surface area (Å²) in [5.74, 6) is -1.79. The summed E-state index contributed by atoms with van der Waals surface area (Å²) in [6.45, 7) is 2.11. The summed E-state index contributed by atoms with van der Waals surface area (Å²) >= 11 is 0. The van der Waals surface area contributed by atoms with Crippen molar-refractivity contribution in [1.29, 1.82) is 0 Å². The highest BCUT2D eigenvalue weighted by molar-refractivity contribution is 6.31. The van der Waals surface area contributed by atoms with Crippen molar-refractivity contribution >= 4 is 29.3 Å². The number of nitrogens with one attached hydrogen (secondary N) is 1. The Labute approximate surface area is 170 Å². The molecule has 1 N–H and O–H groups in total. The number of methoxy groups -OCH3 is 1. The highest BCUT2D eigenvalue weighted by atomic mass is 19.1. The Balaban J connectivity index is 2.00. The lowest BCUT2D eigenvalue weighted by Gasteiger charge is -2.14.